The van der Waals surface area contributed by atoms with E-state index in [9.17, 15) is 8.42 Å². The molecular formula is C15H18N2O2S. The van der Waals surface area contributed by atoms with Crippen molar-refractivity contribution in [2.45, 2.75) is 25.3 Å². The molecule has 2 aromatic rings. The lowest BCUT2D eigenvalue weighted by atomic mass is 10.1. The Morgan fingerprint density at radius 2 is 1.70 bits per heavy atom. The molecule has 0 heterocycles. The van der Waals surface area contributed by atoms with Crippen LogP contribution < -0.4 is 10.5 Å². The number of nitrogens with one attached hydrogen (secondary N) is 1. The number of primary sulfonamides is 1. The first-order chi connectivity index (χ1) is 9.36. The Labute approximate surface area is 119 Å². The number of hydrogen-bond donors (Lipinski definition) is 2. The molecule has 0 saturated heterocycles. The van der Waals surface area contributed by atoms with E-state index in [1.54, 1.807) is 12.1 Å². The maximum Gasteiger partial charge on any atom is 0.238 e. The lowest BCUT2D eigenvalue weighted by molar-refractivity contribution is 0.598. The molecule has 0 aliphatic carbocycles. The van der Waals surface area contributed by atoms with Gasteiger partial charge in [0.15, 0.2) is 0 Å². The summed E-state index contributed by atoms with van der Waals surface area (Å²) in [7, 11) is -3.63. The van der Waals surface area contributed by atoms with Crippen molar-refractivity contribution in [3.63, 3.8) is 0 Å². The molecule has 0 saturated carbocycles. The van der Waals surface area contributed by atoms with Crippen LogP contribution in [0.3, 0.4) is 0 Å². The van der Waals surface area contributed by atoms with Gasteiger partial charge in [-0.2, -0.15) is 0 Å². The highest BCUT2D eigenvalue weighted by molar-refractivity contribution is 7.89. The van der Waals surface area contributed by atoms with Crippen LogP contribution in [0.2, 0.25) is 0 Å². The average molecular weight is 290 g/mol. The molecule has 2 rings (SSSR count). The van der Waals surface area contributed by atoms with Gasteiger partial charge in [0, 0.05) is 12.2 Å². The van der Waals surface area contributed by atoms with Crippen molar-refractivity contribution >= 4 is 15.7 Å². The van der Waals surface area contributed by atoms with Gasteiger partial charge in [0.2, 0.25) is 10.0 Å². The summed E-state index contributed by atoms with van der Waals surface area (Å²) in [5, 5.41) is 8.33. The van der Waals surface area contributed by atoms with Gasteiger partial charge in [-0.3, -0.25) is 0 Å². The van der Waals surface area contributed by atoms with E-state index in [0.29, 0.717) is 6.54 Å². The molecule has 0 unspecified atom stereocenters. The quantitative estimate of drug-likeness (QED) is 0.909. The highest BCUT2D eigenvalue weighted by Gasteiger charge is 2.06. The lowest BCUT2D eigenvalue weighted by Gasteiger charge is -2.10. The molecule has 2 aromatic carbocycles. The number of sulfonamides is 1. The van der Waals surface area contributed by atoms with Crippen molar-refractivity contribution in [1.82, 2.24) is 0 Å². The Bertz CT molecular complexity index is 707. The van der Waals surface area contributed by atoms with Crippen molar-refractivity contribution in [3.05, 3.63) is 59.2 Å². The number of benzene rings is 2. The number of aryl methyl sites for hydroxylation is 2. The monoisotopic (exact) mass is 290 g/mol. The van der Waals surface area contributed by atoms with E-state index in [4.69, 9.17) is 5.14 Å². The van der Waals surface area contributed by atoms with Gasteiger partial charge in [-0.05, 0) is 49.2 Å². The first-order valence-electron chi connectivity index (χ1n) is 6.29. The number of nitrogens with two attached hydrogens (primary N) is 1. The average Bonchev–Trinajstić information content (AvgIpc) is 2.39. The molecule has 0 aliphatic heterocycles. The predicted octanol–water partition coefficient (Wildman–Crippen LogP) is 2.56. The van der Waals surface area contributed by atoms with Crippen molar-refractivity contribution in [2.75, 3.05) is 5.32 Å². The second kappa shape index (κ2) is 5.64. The molecule has 0 radical (unpaired) electrons. The number of hydrogen-bond acceptors (Lipinski definition) is 3. The Hall–Kier alpha value is -1.85. The highest BCUT2D eigenvalue weighted by Crippen LogP contribution is 2.16. The Kier molecular flexibility index (Phi) is 4.11. The summed E-state index contributed by atoms with van der Waals surface area (Å²) in [6.07, 6.45) is 0. The van der Waals surface area contributed by atoms with Gasteiger partial charge in [-0.25, -0.2) is 13.6 Å². The number of anilines is 1. The summed E-state index contributed by atoms with van der Waals surface area (Å²) in [4.78, 5) is 0.120. The van der Waals surface area contributed by atoms with Crippen molar-refractivity contribution in [3.8, 4) is 0 Å². The predicted molar refractivity (Wildman–Crippen MR) is 81.1 cm³/mol. The van der Waals surface area contributed by atoms with Gasteiger partial charge in [0.1, 0.15) is 0 Å². The van der Waals surface area contributed by atoms with Crippen molar-refractivity contribution < 1.29 is 8.42 Å². The van der Waals surface area contributed by atoms with Gasteiger partial charge in [-0.1, -0.05) is 23.8 Å². The Balaban J connectivity index is 2.10. The third kappa shape index (κ3) is 3.59. The first-order valence-corrected chi connectivity index (χ1v) is 7.84. The van der Waals surface area contributed by atoms with Crippen LogP contribution in [-0.2, 0) is 16.6 Å². The number of rotatable bonds is 4. The van der Waals surface area contributed by atoms with Crippen LogP contribution in [0.1, 0.15) is 16.7 Å². The highest BCUT2D eigenvalue weighted by atomic mass is 32.2. The summed E-state index contributed by atoms with van der Waals surface area (Å²) in [6.45, 7) is 4.83. The molecule has 106 valence electrons. The normalized spacial score (nSPS) is 11.3. The molecule has 4 nitrogen and oxygen atoms in total. The zero-order valence-electron chi connectivity index (χ0n) is 11.6. The fourth-order valence-electron chi connectivity index (χ4n) is 1.95. The van der Waals surface area contributed by atoms with Crippen molar-refractivity contribution in [1.29, 1.82) is 0 Å². The van der Waals surface area contributed by atoms with Crippen LogP contribution in [0.25, 0.3) is 0 Å². The molecule has 0 amide bonds. The van der Waals surface area contributed by atoms with Crippen LogP contribution in [0.5, 0.6) is 0 Å². The smallest absolute Gasteiger partial charge is 0.238 e. The van der Waals surface area contributed by atoms with E-state index in [0.717, 1.165) is 5.69 Å². The summed E-state index contributed by atoms with van der Waals surface area (Å²) in [5.41, 5.74) is 4.53. The summed E-state index contributed by atoms with van der Waals surface area (Å²) >= 11 is 0. The SMILES string of the molecule is Cc1ccc(C)c(CNc2ccc(S(N)(=O)=O)cc2)c1. The zero-order valence-corrected chi connectivity index (χ0v) is 12.4. The minimum atomic E-state index is -3.63. The van der Waals surface area contributed by atoms with Crippen LogP contribution in [0, 0.1) is 13.8 Å². The van der Waals surface area contributed by atoms with Gasteiger partial charge >= 0.3 is 0 Å². The van der Waals surface area contributed by atoms with E-state index in [1.165, 1.54) is 28.8 Å². The zero-order chi connectivity index (χ0) is 14.8. The van der Waals surface area contributed by atoms with E-state index in [-0.39, 0.29) is 4.90 Å². The Morgan fingerprint density at radius 1 is 1.05 bits per heavy atom. The molecular weight excluding hydrogens is 272 g/mol. The van der Waals surface area contributed by atoms with Crippen LogP contribution in [0.15, 0.2) is 47.4 Å². The molecule has 0 spiro atoms. The molecule has 0 aliphatic rings. The second-order valence-electron chi connectivity index (χ2n) is 4.85. The molecule has 0 bridgehead atoms. The van der Waals surface area contributed by atoms with Gasteiger partial charge in [0.25, 0.3) is 0 Å². The Morgan fingerprint density at radius 3 is 2.30 bits per heavy atom. The van der Waals surface area contributed by atoms with Gasteiger partial charge in [-0.15, -0.1) is 0 Å². The van der Waals surface area contributed by atoms with Gasteiger partial charge in [0.05, 0.1) is 4.90 Å². The van der Waals surface area contributed by atoms with Gasteiger partial charge < -0.3 is 5.32 Å². The van der Waals surface area contributed by atoms with E-state index >= 15 is 0 Å². The fourth-order valence-corrected chi connectivity index (χ4v) is 2.47. The fraction of sp³-hybridized carbons (Fsp3) is 0.200. The topological polar surface area (TPSA) is 72.2 Å². The lowest BCUT2D eigenvalue weighted by Crippen LogP contribution is -2.12. The van der Waals surface area contributed by atoms with Crippen molar-refractivity contribution in [2.24, 2.45) is 5.14 Å². The first kappa shape index (κ1) is 14.6. The summed E-state index contributed by atoms with van der Waals surface area (Å²) in [6, 6.07) is 12.7. The van der Waals surface area contributed by atoms with E-state index in [1.807, 2.05) is 0 Å². The maximum absolute atomic E-state index is 11.2. The molecule has 0 atom stereocenters. The molecule has 5 heteroatoms. The molecule has 0 fully saturated rings. The second-order valence-corrected chi connectivity index (χ2v) is 6.41. The van der Waals surface area contributed by atoms with E-state index < -0.39 is 10.0 Å². The van der Waals surface area contributed by atoms with E-state index in [2.05, 4.69) is 37.4 Å². The van der Waals surface area contributed by atoms with Crippen LogP contribution in [0.4, 0.5) is 5.69 Å². The maximum atomic E-state index is 11.2. The molecule has 3 N–H and O–H groups in total. The third-order valence-electron chi connectivity index (χ3n) is 3.17. The molecule has 0 aromatic heterocycles. The van der Waals surface area contributed by atoms with Crippen LogP contribution >= 0.6 is 0 Å². The standard InChI is InChI=1S/C15H18N2O2S/c1-11-3-4-12(2)13(9-11)10-17-14-5-7-15(8-6-14)20(16,18)19/h3-9,17H,10H2,1-2H3,(H2,16,18,19). The summed E-state index contributed by atoms with van der Waals surface area (Å²) in [5.74, 6) is 0. The van der Waals surface area contributed by atoms with Crippen LogP contribution in [-0.4, -0.2) is 8.42 Å². The third-order valence-corrected chi connectivity index (χ3v) is 4.10. The minimum Gasteiger partial charge on any atom is -0.381 e. The molecule has 20 heavy (non-hydrogen) atoms. The minimum absolute atomic E-state index is 0.120. The largest absolute Gasteiger partial charge is 0.381 e. The summed E-state index contributed by atoms with van der Waals surface area (Å²) < 4.78 is 22.3.